The first-order valence-corrected chi connectivity index (χ1v) is 7.71. The molecule has 1 amide bonds. The average Bonchev–Trinajstić information content (AvgIpc) is 2.87. The Balaban J connectivity index is 2.21. The molecule has 2 heterocycles. The van der Waals surface area contributed by atoms with Gasteiger partial charge in [-0.25, -0.2) is 4.98 Å². The van der Waals surface area contributed by atoms with Crippen LogP contribution in [0.4, 0.5) is 0 Å². The van der Waals surface area contributed by atoms with E-state index in [1.807, 2.05) is 48.4 Å². The highest BCUT2D eigenvalue weighted by molar-refractivity contribution is 9.10. The Morgan fingerprint density at radius 2 is 2.16 bits per heavy atom. The molecule has 2 aromatic rings. The van der Waals surface area contributed by atoms with Crippen LogP contribution in [0.1, 0.15) is 29.2 Å². The number of rotatable bonds is 4. The highest BCUT2D eigenvalue weighted by Crippen LogP contribution is 2.17. The normalized spacial score (nSPS) is 10.7. The topological polar surface area (TPSA) is 33.2 Å². The molecule has 0 saturated carbocycles. The van der Waals surface area contributed by atoms with Gasteiger partial charge in [-0.15, -0.1) is 11.3 Å². The molecule has 0 fully saturated rings. The Kier molecular flexibility index (Phi) is 4.71. The first-order valence-electron chi connectivity index (χ1n) is 6.04. The van der Waals surface area contributed by atoms with E-state index in [0.29, 0.717) is 16.8 Å². The predicted molar refractivity (Wildman–Crippen MR) is 81.3 cm³/mol. The van der Waals surface area contributed by atoms with Crippen LogP contribution in [-0.2, 0) is 6.54 Å². The van der Waals surface area contributed by atoms with Crippen LogP contribution in [-0.4, -0.2) is 21.8 Å². The number of nitrogens with zero attached hydrogens (tertiary/aromatic N) is 2. The highest BCUT2D eigenvalue weighted by atomic mass is 79.9. The first-order chi connectivity index (χ1) is 9.08. The van der Waals surface area contributed by atoms with Crippen molar-refractivity contribution in [1.29, 1.82) is 0 Å². The van der Waals surface area contributed by atoms with E-state index in [4.69, 9.17) is 0 Å². The van der Waals surface area contributed by atoms with Crippen molar-refractivity contribution in [3.63, 3.8) is 0 Å². The monoisotopic (exact) mass is 338 g/mol. The SMILES string of the molecule is CC(C)N(Cc1cccs1)C(=O)c1cccc(Br)n1. The number of carbonyl (C=O) groups is 1. The van der Waals surface area contributed by atoms with E-state index in [-0.39, 0.29) is 11.9 Å². The largest absolute Gasteiger partial charge is 0.330 e. The molecule has 0 saturated heterocycles. The third kappa shape index (κ3) is 3.64. The van der Waals surface area contributed by atoms with Gasteiger partial charge in [-0.2, -0.15) is 0 Å². The molecule has 0 unspecified atom stereocenters. The van der Waals surface area contributed by atoms with Crippen LogP contribution < -0.4 is 0 Å². The smallest absolute Gasteiger partial charge is 0.273 e. The molecule has 2 rings (SSSR count). The molecular weight excluding hydrogens is 324 g/mol. The summed E-state index contributed by atoms with van der Waals surface area (Å²) in [7, 11) is 0. The fourth-order valence-corrected chi connectivity index (χ4v) is 2.78. The third-order valence-corrected chi connectivity index (χ3v) is 4.03. The zero-order chi connectivity index (χ0) is 13.8. The molecule has 0 atom stereocenters. The van der Waals surface area contributed by atoms with Crippen LogP contribution in [0.3, 0.4) is 0 Å². The van der Waals surface area contributed by atoms with Crippen molar-refractivity contribution in [3.8, 4) is 0 Å². The first kappa shape index (κ1) is 14.2. The van der Waals surface area contributed by atoms with Crippen molar-refractivity contribution in [2.75, 3.05) is 0 Å². The minimum atomic E-state index is -0.0373. The maximum atomic E-state index is 12.5. The van der Waals surface area contributed by atoms with Gasteiger partial charge in [0.15, 0.2) is 0 Å². The van der Waals surface area contributed by atoms with Crippen LogP contribution in [0.25, 0.3) is 0 Å². The van der Waals surface area contributed by atoms with Gasteiger partial charge in [-0.1, -0.05) is 12.1 Å². The molecule has 19 heavy (non-hydrogen) atoms. The maximum Gasteiger partial charge on any atom is 0.273 e. The second-order valence-electron chi connectivity index (χ2n) is 4.45. The van der Waals surface area contributed by atoms with Crippen molar-refractivity contribution in [2.45, 2.75) is 26.4 Å². The number of pyridine rings is 1. The molecule has 0 bridgehead atoms. The Hall–Kier alpha value is -1.20. The standard InChI is InChI=1S/C14H15BrN2OS/c1-10(2)17(9-11-5-4-8-19-11)14(18)12-6-3-7-13(15)16-12/h3-8,10H,9H2,1-2H3. The average molecular weight is 339 g/mol. The van der Waals surface area contributed by atoms with Gasteiger partial charge in [0.1, 0.15) is 10.3 Å². The fourth-order valence-electron chi connectivity index (χ4n) is 1.73. The lowest BCUT2D eigenvalue weighted by molar-refractivity contribution is 0.0686. The lowest BCUT2D eigenvalue weighted by Gasteiger charge is -2.26. The van der Waals surface area contributed by atoms with Crippen molar-refractivity contribution in [3.05, 3.63) is 50.9 Å². The summed E-state index contributed by atoms with van der Waals surface area (Å²) in [4.78, 5) is 19.8. The molecule has 0 N–H and O–H groups in total. The second-order valence-corrected chi connectivity index (χ2v) is 6.30. The molecular formula is C14H15BrN2OS. The van der Waals surface area contributed by atoms with Gasteiger partial charge in [0.25, 0.3) is 5.91 Å². The summed E-state index contributed by atoms with van der Waals surface area (Å²) in [6, 6.07) is 9.57. The summed E-state index contributed by atoms with van der Waals surface area (Å²) < 4.78 is 0.679. The summed E-state index contributed by atoms with van der Waals surface area (Å²) in [6.45, 7) is 4.66. The number of hydrogen-bond donors (Lipinski definition) is 0. The summed E-state index contributed by atoms with van der Waals surface area (Å²) in [5, 5.41) is 2.02. The lowest BCUT2D eigenvalue weighted by Crippen LogP contribution is -2.36. The van der Waals surface area contributed by atoms with Crippen molar-refractivity contribution >= 4 is 33.2 Å². The van der Waals surface area contributed by atoms with Gasteiger partial charge in [0, 0.05) is 10.9 Å². The molecule has 3 nitrogen and oxygen atoms in total. The Morgan fingerprint density at radius 1 is 1.37 bits per heavy atom. The van der Waals surface area contributed by atoms with Gasteiger partial charge < -0.3 is 4.90 Å². The van der Waals surface area contributed by atoms with Crippen LogP contribution >= 0.6 is 27.3 Å². The van der Waals surface area contributed by atoms with E-state index in [1.54, 1.807) is 17.4 Å². The quantitative estimate of drug-likeness (QED) is 0.790. The van der Waals surface area contributed by atoms with E-state index >= 15 is 0 Å². The Bertz CT molecular complexity index is 554. The fraction of sp³-hybridized carbons (Fsp3) is 0.286. The zero-order valence-corrected chi connectivity index (χ0v) is 13.2. The summed E-state index contributed by atoms with van der Waals surface area (Å²) >= 11 is 4.96. The summed E-state index contributed by atoms with van der Waals surface area (Å²) in [6.07, 6.45) is 0. The second kappa shape index (κ2) is 6.30. The summed E-state index contributed by atoms with van der Waals surface area (Å²) in [5.74, 6) is -0.0373. The molecule has 100 valence electrons. The molecule has 0 aliphatic rings. The van der Waals surface area contributed by atoms with Gasteiger partial charge in [-0.3, -0.25) is 4.79 Å². The van der Waals surface area contributed by atoms with Gasteiger partial charge in [0.05, 0.1) is 6.54 Å². The molecule has 0 aliphatic heterocycles. The molecule has 0 spiro atoms. The highest BCUT2D eigenvalue weighted by Gasteiger charge is 2.20. The number of amides is 1. The van der Waals surface area contributed by atoms with Crippen molar-refractivity contribution in [1.82, 2.24) is 9.88 Å². The van der Waals surface area contributed by atoms with Crippen molar-refractivity contribution < 1.29 is 4.79 Å². The van der Waals surface area contributed by atoms with E-state index in [2.05, 4.69) is 20.9 Å². The Labute approximate surface area is 125 Å². The number of halogens is 1. The van der Waals surface area contributed by atoms with Crippen LogP contribution in [0.15, 0.2) is 40.3 Å². The van der Waals surface area contributed by atoms with Crippen LogP contribution in [0.5, 0.6) is 0 Å². The van der Waals surface area contributed by atoms with E-state index in [9.17, 15) is 4.79 Å². The van der Waals surface area contributed by atoms with Gasteiger partial charge >= 0.3 is 0 Å². The lowest BCUT2D eigenvalue weighted by atomic mass is 10.2. The zero-order valence-electron chi connectivity index (χ0n) is 10.8. The van der Waals surface area contributed by atoms with Crippen LogP contribution in [0.2, 0.25) is 0 Å². The van der Waals surface area contributed by atoms with Gasteiger partial charge in [0.2, 0.25) is 0 Å². The van der Waals surface area contributed by atoms with Crippen molar-refractivity contribution in [2.24, 2.45) is 0 Å². The van der Waals surface area contributed by atoms with E-state index in [0.717, 1.165) is 0 Å². The maximum absolute atomic E-state index is 12.5. The number of aromatic nitrogens is 1. The molecule has 0 aliphatic carbocycles. The number of carbonyl (C=O) groups excluding carboxylic acids is 1. The minimum Gasteiger partial charge on any atom is -0.330 e. The predicted octanol–water partition coefficient (Wildman–Crippen LogP) is 3.96. The molecule has 2 aromatic heterocycles. The van der Waals surface area contributed by atoms with E-state index in [1.165, 1.54) is 4.88 Å². The number of hydrogen-bond acceptors (Lipinski definition) is 3. The minimum absolute atomic E-state index is 0.0373. The van der Waals surface area contributed by atoms with Gasteiger partial charge in [-0.05, 0) is 53.4 Å². The Morgan fingerprint density at radius 3 is 2.74 bits per heavy atom. The molecule has 0 radical (unpaired) electrons. The molecule has 5 heteroatoms. The molecule has 0 aromatic carbocycles. The number of thiophene rings is 1. The summed E-state index contributed by atoms with van der Waals surface area (Å²) in [5.41, 5.74) is 0.472. The third-order valence-electron chi connectivity index (χ3n) is 2.72. The van der Waals surface area contributed by atoms with Crippen LogP contribution in [0, 0.1) is 0 Å². The van der Waals surface area contributed by atoms with E-state index < -0.39 is 0 Å².